The van der Waals surface area contributed by atoms with Crippen LogP contribution in [-0.2, 0) is 4.74 Å². The summed E-state index contributed by atoms with van der Waals surface area (Å²) < 4.78 is 16.5. The SMILES string of the molecule is CCNC(CSC1COC1)c1ccc2c(c1)OCCO2. The maximum atomic E-state index is 5.67. The molecule has 3 rings (SSSR count). The van der Waals surface area contributed by atoms with Gasteiger partial charge in [0.15, 0.2) is 11.5 Å². The molecule has 4 nitrogen and oxygen atoms in total. The van der Waals surface area contributed by atoms with Gasteiger partial charge in [-0.2, -0.15) is 11.8 Å². The van der Waals surface area contributed by atoms with Gasteiger partial charge in [-0.25, -0.2) is 0 Å². The molecule has 1 fully saturated rings. The number of hydrogen-bond acceptors (Lipinski definition) is 5. The first kappa shape index (κ1) is 14.0. The van der Waals surface area contributed by atoms with Gasteiger partial charge in [-0.05, 0) is 24.2 Å². The molecule has 0 amide bonds. The average Bonchev–Trinajstić information content (AvgIpc) is 2.44. The van der Waals surface area contributed by atoms with Crippen LogP contribution in [0.25, 0.3) is 0 Å². The summed E-state index contributed by atoms with van der Waals surface area (Å²) >= 11 is 1.98. The van der Waals surface area contributed by atoms with Gasteiger partial charge >= 0.3 is 0 Å². The van der Waals surface area contributed by atoms with Crippen LogP contribution in [0.3, 0.4) is 0 Å². The Balaban J connectivity index is 1.68. The second-order valence-corrected chi connectivity index (χ2v) is 6.34. The normalized spacial score (nSPS) is 19.4. The summed E-state index contributed by atoms with van der Waals surface area (Å²) in [5.41, 5.74) is 1.27. The van der Waals surface area contributed by atoms with Crippen LogP contribution in [0.2, 0.25) is 0 Å². The van der Waals surface area contributed by atoms with E-state index in [4.69, 9.17) is 14.2 Å². The Labute approximate surface area is 124 Å². The van der Waals surface area contributed by atoms with Crippen molar-refractivity contribution in [2.24, 2.45) is 0 Å². The van der Waals surface area contributed by atoms with E-state index in [0.29, 0.717) is 24.5 Å². The highest BCUT2D eigenvalue weighted by Gasteiger charge is 2.22. The zero-order chi connectivity index (χ0) is 13.8. The van der Waals surface area contributed by atoms with Crippen LogP contribution in [0.1, 0.15) is 18.5 Å². The predicted molar refractivity (Wildman–Crippen MR) is 80.9 cm³/mol. The maximum Gasteiger partial charge on any atom is 0.161 e. The number of thioether (sulfide) groups is 1. The number of hydrogen-bond donors (Lipinski definition) is 1. The number of ether oxygens (including phenoxy) is 3. The lowest BCUT2D eigenvalue weighted by Gasteiger charge is -2.28. The molecule has 0 radical (unpaired) electrons. The molecule has 0 bridgehead atoms. The van der Waals surface area contributed by atoms with Crippen LogP contribution >= 0.6 is 11.8 Å². The number of rotatable bonds is 6. The van der Waals surface area contributed by atoms with E-state index in [9.17, 15) is 0 Å². The molecule has 0 aromatic heterocycles. The van der Waals surface area contributed by atoms with E-state index >= 15 is 0 Å². The van der Waals surface area contributed by atoms with Gasteiger partial charge in [0, 0.05) is 11.8 Å². The van der Waals surface area contributed by atoms with Crippen molar-refractivity contribution in [1.29, 1.82) is 0 Å². The van der Waals surface area contributed by atoms with Crippen molar-refractivity contribution in [3.63, 3.8) is 0 Å². The number of fused-ring (bicyclic) bond motifs is 1. The van der Waals surface area contributed by atoms with Gasteiger partial charge in [0.05, 0.1) is 18.5 Å². The van der Waals surface area contributed by atoms with Crippen LogP contribution in [0.5, 0.6) is 11.5 Å². The molecule has 0 aliphatic carbocycles. The Morgan fingerprint density at radius 1 is 1.25 bits per heavy atom. The smallest absolute Gasteiger partial charge is 0.161 e. The van der Waals surface area contributed by atoms with Crippen molar-refractivity contribution in [3.8, 4) is 11.5 Å². The molecular weight excluding hydrogens is 274 g/mol. The maximum absolute atomic E-state index is 5.67. The van der Waals surface area contributed by atoms with E-state index in [-0.39, 0.29) is 0 Å². The summed E-state index contributed by atoms with van der Waals surface area (Å²) in [5, 5.41) is 4.21. The lowest BCUT2D eigenvalue weighted by atomic mass is 10.1. The fourth-order valence-electron chi connectivity index (χ4n) is 2.34. The minimum Gasteiger partial charge on any atom is -0.486 e. The molecule has 1 N–H and O–H groups in total. The molecule has 5 heteroatoms. The van der Waals surface area contributed by atoms with Crippen molar-refractivity contribution in [1.82, 2.24) is 5.32 Å². The molecule has 1 atom stereocenters. The highest BCUT2D eigenvalue weighted by molar-refractivity contribution is 8.00. The topological polar surface area (TPSA) is 39.7 Å². The van der Waals surface area contributed by atoms with Crippen LogP contribution < -0.4 is 14.8 Å². The van der Waals surface area contributed by atoms with Gasteiger partial charge in [0.25, 0.3) is 0 Å². The lowest BCUT2D eigenvalue weighted by Crippen LogP contribution is -2.32. The first-order valence-electron chi connectivity index (χ1n) is 7.19. The van der Waals surface area contributed by atoms with Crippen molar-refractivity contribution in [3.05, 3.63) is 23.8 Å². The lowest BCUT2D eigenvalue weighted by molar-refractivity contribution is 0.0455. The van der Waals surface area contributed by atoms with Gasteiger partial charge < -0.3 is 19.5 Å². The molecular formula is C15H21NO3S. The highest BCUT2D eigenvalue weighted by Crippen LogP contribution is 2.34. The Kier molecular flexibility index (Phi) is 4.70. The molecule has 2 aliphatic heterocycles. The summed E-state index contributed by atoms with van der Waals surface area (Å²) in [5.74, 6) is 2.78. The third-order valence-electron chi connectivity index (χ3n) is 3.53. The largest absolute Gasteiger partial charge is 0.486 e. The van der Waals surface area contributed by atoms with E-state index in [1.165, 1.54) is 5.56 Å². The summed E-state index contributed by atoms with van der Waals surface area (Å²) in [7, 11) is 0. The number of benzene rings is 1. The fourth-order valence-corrected chi connectivity index (χ4v) is 3.50. The standard InChI is InChI=1S/C15H21NO3S/c1-2-16-13(10-20-12-8-17-9-12)11-3-4-14-15(7-11)19-6-5-18-14/h3-4,7,12-13,16H,2,5-6,8-10H2,1H3. The highest BCUT2D eigenvalue weighted by atomic mass is 32.2. The van der Waals surface area contributed by atoms with Crippen molar-refractivity contribution < 1.29 is 14.2 Å². The zero-order valence-electron chi connectivity index (χ0n) is 11.8. The molecule has 20 heavy (non-hydrogen) atoms. The van der Waals surface area contributed by atoms with Crippen LogP contribution in [0, 0.1) is 0 Å². The second-order valence-electron chi connectivity index (χ2n) is 5.01. The van der Waals surface area contributed by atoms with Crippen molar-refractivity contribution >= 4 is 11.8 Å². The first-order chi connectivity index (χ1) is 9.86. The summed E-state index contributed by atoms with van der Waals surface area (Å²) in [6, 6.07) is 6.62. The van der Waals surface area contributed by atoms with Crippen LogP contribution in [0.4, 0.5) is 0 Å². The van der Waals surface area contributed by atoms with Gasteiger partial charge in [-0.1, -0.05) is 13.0 Å². The quantitative estimate of drug-likeness (QED) is 0.871. The van der Waals surface area contributed by atoms with Crippen LogP contribution in [0.15, 0.2) is 18.2 Å². The minimum atomic E-state index is 0.349. The number of nitrogens with one attached hydrogen (secondary N) is 1. The minimum absolute atomic E-state index is 0.349. The summed E-state index contributed by atoms with van der Waals surface area (Å²) in [6.45, 7) is 6.16. The van der Waals surface area contributed by atoms with Gasteiger partial charge in [-0.15, -0.1) is 0 Å². The third-order valence-corrected chi connectivity index (χ3v) is 4.79. The molecule has 1 aromatic carbocycles. The molecule has 1 unspecified atom stereocenters. The van der Waals surface area contributed by atoms with Crippen molar-refractivity contribution in [2.75, 3.05) is 38.7 Å². The second kappa shape index (κ2) is 6.70. The molecule has 0 saturated carbocycles. The van der Waals surface area contributed by atoms with Gasteiger partial charge in [-0.3, -0.25) is 0 Å². The molecule has 0 spiro atoms. The Morgan fingerprint density at radius 2 is 2.05 bits per heavy atom. The van der Waals surface area contributed by atoms with Crippen molar-refractivity contribution in [2.45, 2.75) is 18.2 Å². The third kappa shape index (κ3) is 3.22. The molecule has 2 heterocycles. The predicted octanol–water partition coefficient (Wildman–Crippen LogP) is 2.24. The molecule has 110 valence electrons. The van der Waals surface area contributed by atoms with E-state index in [1.807, 2.05) is 17.8 Å². The Morgan fingerprint density at radius 3 is 2.75 bits per heavy atom. The van der Waals surface area contributed by atoms with E-state index < -0.39 is 0 Å². The summed E-state index contributed by atoms with van der Waals surface area (Å²) in [6.07, 6.45) is 0. The van der Waals surface area contributed by atoms with E-state index in [1.54, 1.807) is 0 Å². The molecule has 1 saturated heterocycles. The monoisotopic (exact) mass is 295 g/mol. The van der Waals surface area contributed by atoms with Gasteiger partial charge in [0.1, 0.15) is 13.2 Å². The van der Waals surface area contributed by atoms with E-state index in [2.05, 4.69) is 24.4 Å². The fraction of sp³-hybridized carbons (Fsp3) is 0.600. The Bertz CT molecular complexity index is 451. The molecule has 2 aliphatic rings. The van der Waals surface area contributed by atoms with Gasteiger partial charge in [0.2, 0.25) is 0 Å². The van der Waals surface area contributed by atoms with E-state index in [0.717, 1.165) is 37.0 Å². The first-order valence-corrected chi connectivity index (χ1v) is 8.24. The van der Waals surface area contributed by atoms with Crippen LogP contribution in [-0.4, -0.2) is 44.0 Å². The average molecular weight is 295 g/mol. The molecule has 1 aromatic rings. The Hall–Kier alpha value is -0.910. The summed E-state index contributed by atoms with van der Waals surface area (Å²) in [4.78, 5) is 0. The zero-order valence-corrected chi connectivity index (χ0v) is 12.6.